The van der Waals surface area contributed by atoms with Gasteiger partial charge in [0.15, 0.2) is 0 Å². The first-order valence-corrected chi connectivity index (χ1v) is 8.53. The Kier molecular flexibility index (Phi) is 6.24. The summed E-state index contributed by atoms with van der Waals surface area (Å²) < 4.78 is 77.0. The van der Waals surface area contributed by atoms with Crippen LogP contribution in [0.5, 0.6) is 0 Å². The molecular formula is C18H21F6NO. The van der Waals surface area contributed by atoms with Crippen LogP contribution in [0.2, 0.25) is 0 Å². The minimum absolute atomic E-state index is 0.0297. The molecule has 1 atom stereocenters. The van der Waals surface area contributed by atoms with Crippen molar-refractivity contribution in [1.82, 2.24) is 4.90 Å². The first kappa shape index (κ1) is 20.6. The highest BCUT2D eigenvalue weighted by Gasteiger charge is 2.38. The van der Waals surface area contributed by atoms with Crippen molar-refractivity contribution in [3.05, 3.63) is 35.4 Å². The van der Waals surface area contributed by atoms with E-state index in [1.807, 2.05) is 0 Å². The second-order valence-corrected chi connectivity index (χ2v) is 6.73. The number of alkyl halides is 6. The first-order valence-electron chi connectivity index (χ1n) is 8.53. The minimum Gasteiger partial charge on any atom is -0.327 e. The Morgan fingerprint density at radius 2 is 1.58 bits per heavy atom. The summed E-state index contributed by atoms with van der Waals surface area (Å²) in [7, 11) is 0. The van der Waals surface area contributed by atoms with E-state index in [4.69, 9.17) is 0 Å². The fraction of sp³-hybridized carbons (Fsp3) is 0.611. The quantitative estimate of drug-likeness (QED) is 0.614. The number of hydrogen-bond donors (Lipinski definition) is 0. The summed E-state index contributed by atoms with van der Waals surface area (Å²) in [6, 6.07) is 4.15. The maximum absolute atomic E-state index is 12.9. The molecule has 0 bridgehead atoms. The maximum atomic E-state index is 12.9. The molecule has 1 amide bonds. The first-order chi connectivity index (χ1) is 12.0. The highest BCUT2D eigenvalue weighted by atomic mass is 19.4. The summed E-state index contributed by atoms with van der Waals surface area (Å²) in [6.07, 6.45) is -5.50. The predicted octanol–water partition coefficient (Wildman–Crippen LogP) is 5.69. The third-order valence-corrected chi connectivity index (χ3v) is 4.77. The molecule has 26 heavy (non-hydrogen) atoms. The Balaban J connectivity index is 2.21. The summed E-state index contributed by atoms with van der Waals surface area (Å²) in [4.78, 5) is 13.4. The smallest absolute Gasteiger partial charge is 0.327 e. The predicted molar refractivity (Wildman–Crippen MR) is 84.9 cm³/mol. The van der Waals surface area contributed by atoms with Gasteiger partial charge in [0.25, 0.3) is 5.91 Å². The number of halogens is 6. The summed E-state index contributed by atoms with van der Waals surface area (Å²) in [5, 5.41) is 0. The lowest BCUT2D eigenvalue weighted by atomic mass is 9.93. The fourth-order valence-corrected chi connectivity index (χ4v) is 3.22. The molecule has 2 nitrogen and oxygen atoms in total. The van der Waals surface area contributed by atoms with Crippen molar-refractivity contribution in [2.75, 3.05) is 6.54 Å². The summed E-state index contributed by atoms with van der Waals surface area (Å²) in [5.41, 5.74) is -0.0629. The van der Waals surface area contributed by atoms with E-state index >= 15 is 0 Å². The van der Waals surface area contributed by atoms with Gasteiger partial charge < -0.3 is 4.90 Å². The summed E-state index contributed by atoms with van der Waals surface area (Å²) >= 11 is 0. The molecule has 1 aromatic rings. The lowest BCUT2D eigenvalue weighted by Gasteiger charge is -2.35. The monoisotopic (exact) mass is 381 g/mol. The molecule has 146 valence electrons. The van der Waals surface area contributed by atoms with Gasteiger partial charge in [0.05, 0.1) is 5.92 Å². The summed E-state index contributed by atoms with van der Waals surface area (Å²) in [5.74, 6) is -2.50. The van der Waals surface area contributed by atoms with Gasteiger partial charge in [0, 0.05) is 11.6 Å². The van der Waals surface area contributed by atoms with Crippen LogP contribution in [0.15, 0.2) is 24.3 Å². The van der Waals surface area contributed by atoms with E-state index in [9.17, 15) is 31.1 Å². The molecule has 2 rings (SSSR count). The summed E-state index contributed by atoms with van der Waals surface area (Å²) in [6.45, 7) is -0.355. The molecule has 0 aliphatic heterocycles. The molecule has 0 radical (unpaired) electrons. The van der Waals surface area contributed by atoms with Crippen LogP contribution in [0.25, 0.3) is 0 Å². The number of amides is 1. The van der Waals surface area contributed by atoms with Crippen LogP contribution in [0.4, 0.5) is 26.3 Å². The highest BCUT2D eigenvalue weighted by molar-refractivity contribution is 5.94. The Morgan fingerprint density at radius 3 is 2.04 bits per heavy atom. The molecular weight excluding hydrogens is 360 g/mol. The zero-order valence-corrected chi connectivity index (χ0v) is 14.3. The zero-order valence-electron chi connectivity index (χ0n) is 14.3. The topological polar surface area (TPSA) is 20.3 Å². The molecule has 0 spiro atoms. The van der Waals surface area contributed by atoms with Gasteiger partial charge in [-0.25, -0.2) is 0 Å². The van der Waals surface area contributed by atoms with Crippen LogP contribution in [0.1, 0.15) is 60.9 Å². The third-order valence-electron chi connectivity index (χ3n) is 4.77. The van der Waals surface area contributed by atoms with E-state index in [0.29, 0.717) is 12.8 Å². The Morgan fingerprint density at radius 1 is 1.04 bits per heavy atom. The van der Waals surface area contributed by atoms with Crippen LogP contribution in [-0.4, -0.2) is 35.7 Å². The van der Waals surface area contributed by atoms with E-state index in [1.54, 1.807) is 0 Å². The van der Waals surface area contributed by atoms with Gasteiger partial charge in [-0.05, 0) is 37.5 Å². The SMILES string of the molecule is CC(c1ccc(C(=O)N(CC(F)(F)F)C2CCCCC2)cc1)C(F)(F)F. The van der Waals surface area contributed by atoms with Crippen LogP contribution in [-0.2, 0) is 0 Å². The number of benzene rings is 1. The number of nitrogens with zero attached hydrogens (tertiary/aromatic N) is 1. The van der Waals surface area contributed by atoms with Crippen molar-refractivity contribution in [2.45, 2.75) is 63.3 Å². The number of hydrogen-bond acceptors (Lipinski definition) is 1. The van der Waals surface area contributed by atoms with Gasteiger partial charge in [0.2, 0.25) is 0 Å². The van der Waals surface area contributed by atoms with E-state index in [2.05, 4.69) is 0 Å². The molecule has 1 aliphatic carbocycles. The lowest BCUT2D eigenvalue weighted by molar-refractivity contribution is -0.146. The van der Waals surface area contributed by atoms with Crippen molar-refractivity contribution in [1.29, 1.82) is 0 Å². The molecule has 1 fully saturated rings. The van der Waals surface area contributed by atoms with E-state index in [1.165, 1.54) is 12.1 Å². The van der Waals surface area contributed by atoms with Gasteiger partial charge in [-0.15, -0.1) is 0 Å². The van der Waals surface area contributed by atoms with Crippen LogP contribution in [0, 0.1) is 0 Å². The number of carbonyl (C=O) groups is 1. The van der Waals surface area contributed by atoms with Gasteiger partial charge in [-0.3, -0.25) is 4.79 Å². The molecule has 0 saturated heterocycles. The average Bonchev–Trinajstić information content (AvgIpc) is 2.58. The average molecular weight is 381 g/mol. The second kappa shape index (κ2) is 7.88. The molecule has 1 saturated carbocycles. The van der Waals surface area contributed by atoms with Crippen LogP contribution < -0.4 is 0 Å². The molecule has 0 heterocycles. The van der Waals surface area contributed by atoms with Crippen molar-refractivity contribution >= 4 is 5.91 Å². The Hall–Kier alpha value is -1.73. The van der Waals surface area contributed by atoms with Gasteiger partial charge in [-0.1, -0.05) is 31.4 Å². The fourth-order valence-electron chi connectivity index (χ4n) is 3.22. The third kappa shape index (κ3) is 5.38. The van der Waals surface area contributed by atoms with Crippen molar-refractivity contribution in [3.8, 4) is 0 Å². The highest BCUT2D eigenvalue weighted by Crippen LogP contribution is 2.34. The minimum atomic E-state index is -4.53. The Bertz CT molecular complexity index is 602. The lowest BCUT2D eigenvalue weighted by Crippen LogP contribution is -2.46. The van der Waals surface area contributed by atoms with Crippen molar-refractivity contribution in [3.63, 3.8) is 0 Å². The van der Waals surface area contributed by atoms with Crippen LogP contribution >= 0.6 is 0 Å². The molecule has 8 heteroatoms. The van der Waals surface area contributed by atoms with Crippen molar-refractivity contribution < 1.29 is 31.1 Å². The maximum Gasteiger partial charge on any atom is 0.406 e. The molecule has 1 aromatic carbocycles. The van der Waals surface area contributed by atoms with E-state index in [0.717, 1.165) is 43.2 Å². The normalized spacial score (nSPS) is 17.8. The zero-order chi connectivity index (χ0) is 19.5. The van der Waals surface area contributed by atoms with E-state index in [-0.39, 0.29) is 11.1 Å². The number of carbonyl (C=O) groups excluding carboxylic acids is 1. The van der Waals surface area contributed by atoms with E-state index < -0.39 is 36.8 Å². The van der Waals surface area contributed by atoms with Gasteiger partial charge in [0.1, 0.15) is 6.54 Å². The number of rotatable bonds is 4. The van der Waals surface area contributed by atoms with Crippen LogP contribution in [0.3, 0.4) is 0 Å². The largest absolute Gasteiger partial charge is 0.406 e. The standard InChI is InChI=1S/C18H21F6NO/c1-12(18(22,23)24)13-7-9-14(10-8-13)16(26)25(11-17(19,20)21)15-5-3-2-4-6-15/h7-10,12,15H,2-6,11H2,1H3. The molecule has 1 aliphatic rings. The van der Waals surface area contributed by atoms with Crippen molar-refractivity contribution in [2.24, 2.45) is 0 Å². The van der Waals surface area contributed by atoms with Gasteiger partial charge >= 0.3 is 12.4 Å². The van der Waals surface area contributed by atoms with Gasteiger partial charge in [-0.2, -0.15) is 26.3 Å². The second-order valence-electron chi connectivity index (χ2n) is 6.73. The molecule has 0 N–H and O–H groups in total. The Labute approximate surface area is 148 Å². The molecule has 1 unspecified atom stereocenters. The molecule has 0 aromatic heterocycles.